The second-order valence-electron chi connectivity index (χ2n) is 3.00. The molecule has 0 aromatic heterocycles. The Labute approximate surface area is 61.8 Å². The van der Waals surface area contributed by atoms with Crippen molar-refractivity contribution in [3.63, 3.8) is 0 Å². The van der Waals surface area contributed by atoms with E-state index in [0.29, 0.717) is 12.3 Å². The molecule has 1 rings (SSSR count). The molecule has 0 saturated carbocycles. The van der Waals surface area contributed by atoms with E-state index in [4.69, 9.17) is 10.00 Å². The van der Waals surface area contributed by atoms with Crippen molar-refractivity contribution in [3.05, 3.63) is 0 Å². The van der Waals surface area contributed by atoms with Crippen LogP contribution in [0.3, 0.4) is 0 Å². The van der Waals surface area contributed by atoms with E-state index in [0.717, 1.165) is 13.0 Å². The van der Waals surface area contributed by atoms with Crippen LogP contribution in [0.5, 0.6) is 0 Å². The Balaban J connectivity index is 2.21. The maximum Gasteiger partial charge on any atom is 0.0705 e. The summed E-state index contributed by atoms with van der Waals surface area (Å²) in [6.45, 7) is 3.02. The van der Waals surface area contributed by atoms with Crippen LogP contribution in [0.15, 0.2) is 0 Å². The first-order chi connectivity index (χ1) is 4.83. The molecule has 2 atom stereocenters. The molecule has 0 radical (unpaired) electrons. The molecule has 0 bridgehead atoms. The van der Waals surface area contributed by atoms with Gasteiger partial charge in [-0.1, -0.05) is 6.92 Å². The summed E-state index contributed by atoms with van der Waals surface area (Å²) in [7, 11) is 0. The van der Waals surface area contributed by atoms with Crippen LogP contribution in [0.2, 0.25) is 0 Å². The number of hydrogen-bond acceptors (Lipinski definition) is 2. The van der Waals surface area contributed by atoms with Gasteiger partial charge in [0.2, 0.25) is 0 Å². The summed E-state index contributed by atoms with van der Waals surface area (Å²) < 4.78 is 5.41. The average Bonchev–Trinajstić information content (AvgIpc) is 1.95. The lowest BCUT2D eigenvalue weighted by atomic mass is 9.99. The van der Waals surface area contributed by atoms with E-state index in [1.807, 2.05) is 0 Å². The third kappa shape index (κ3) is 2.00. The Bertz CT molecular complexity index is 131. The lowest BCUT2D eigenvalue weighted by molar-refractivity contribution is -0.00774. The molecule has 0 unspecified atom stereocenters. The molecule has 2 nitrogen and oxygen atoms in total. The van der Waals surface area contributed by atoms with Crippen molar-refractivity contribution in [2.75, 3.05) is 6.61 Å². The fraction of sp³-hybridized carbons (Fsp3) is 0.875. The first-order valence-electron chi connectivity index (χ1n) is 3.81. The summed E-state index contributed by atoms with van der Waals surface area (Å²) >= 11 is 0. The van der Waals surface area contributed by atoms with Crippen molar-refractivity contribution < 1.29 is 4.74 Å². The zero-order chi connectivity index (χ0) is 7.40. The van der Waals surface area contributed by atoms with Gasteiger partial charge in [-0.05, 0) is 18.8 Å². The van der Waals surface area contributed by atoms with E-state index in [1.165, 1.54) is 6.42 Å². The summed E-state index contributed by atoms with van der Waals surface area (Å²) in [5.41, 5.74) is 0. The van der Waals surface area contributed by atoms with E-state index < -0.39 is 0 Å². The Hall–Kier alpha value is -0.550. The predicted molar refractivity (Wildman–Crippen MR) is 38.4 cm³/mol. The Morgan fingerprint density at radius 3 is 2.90 bits per heavy atom. The minimum absolute atomic E-state index is 0.223. The molecule has 10 heavy (non-hydrogen) atoms. The first kappa shape index (κ1) is 7.56. The molecule has 1 fully saturated rings. The third-order valence-electron chi connectivity index (χ3n) is 1.92. The van der Waals surface area contributed by atoms with Gasteiger partial charge in [-0.2, -0.15) is 5.26 Å². The van der Waals surface area contributed by atoms with E-state index in [1.54, 1.807) is 0 Å². The number of hydrogen-bond donors (Lipinski definition) is 0. The van der Waals surface area contributed by atoms with Gasteiger partial charge in [-0.3, -0.25) is 0 Å². The van der Waals surface area contributed by atoms with Gasteiger partial charge in [0.25, 0.3) is 0 Å². The summed E-state index contributed by atoms with van der Waals surface area (Å²) in [6.07, 6.45) is 3.06. The van der Waals surface area contributed by atoms with Crippen LogP contribution in [-0.4, -0.2) is 12.7 Å². The standard InChI is InChI=1S/C8H13NO/c1-7-2-3-8(4-5-9)10-6-7/h7-8H,2-4,6H2,1H3/t7-,8+/m0/s1. The van der Waals surface area contributed by atoms with Gasteiger partial charge in [0.1, 0.15) is 0 Å². The molecular weight excluding hydrogens is 126 g/mol. The molecule has 0 N–H and O–H groups in total. The monoisotopic (exact) mass is 139 g/mol. The maximum absolute atomic E-state index is 8.35. The Kier molecular flexibility index (Phi) is 2.70. The third-order valence-corrected chi connectivity index (χ3v) is 1.92. The molecule has 0 aromatic carbocycles. The second-order valence-corrected chi connectivity index (χ2v) is 3.00. The van der Waals surface area contributed by atoms with Crippen molar-refractivity contribution in [1.29, 1.82) is 5.26 Å². The fourth-order valence-electron chi connectivity index (χ4n) is 1.20. The van der Waals surface area contributed by atoms with Crippen LogP contribution in [0.25, 0.3) is 0 Å². The second kappa shape index (κ2) is 3.58. The van der Waals surface area contributed by atoms with Crippen LogP contribution in [-0.2, 0) is 4.74 Å². The van der Waals surface area contributed by atoms with Crippen molar-refractivity contribution in [2.45, 2.75) is 32.3 Å². The molecule has 2 heteroatoms. The lowest BCUT2D eigenvalue weighted by Gasteiger charge is -2.24. The molecule has 56 valence electrons. The van der Waals surface area contributed by atoms with E-state index >= 15 is 0 Å². The van der Waals surface area contributed by atoms with Crippen LogP contribution in [0.1, 0.15) is 26.2 Å². The normalized spacial score (nSPS) is 33.2. The molecule has 1 aliphatic heterocycles. The van der Waals surface area contributed by atoms with Crippen molar-refractivity contribution in [3.8, 4) is 6.07 Å². The Morgan fingerprint density at radius 2 is 2.40 bits per heavy atom. The number of ether oxygens (including phenoxy) is 1. The maximum atomic E-state index is 8.35. The van der Waals surface area contributed by atoms with Crippen LogP contribution < -0.4 is 0 Å². The number of rotatable bonds is 1. The first-order valence-corrected chi connectivity index (χ1v) is 3.81. The van der Waals surface area contributed by atoms with Crippen molar-refractivity contribution >= 4 is 0 Å². The minimum atomic E-state index is 0.223. The fourth-order valence-corrected chi connectivity index (χ4v) is 1.20. The molecular formula is C8H13NO. The van der Waals surface area contributed by atoms with Gasteiger partial charge in [0.15, 0.2) is 0 Å². The molecule has 1 heterocycles. The van der Waals surface area contributed by atoms with Crippen molar-refractivity contribution in [1.82, 2.24) is 0 Å². The molecule has 0 amide bonds. The Morgan fingerprint density at radius 1 is 1.60 bits per heavy atom. The number of nitriles is 1. The number of nitrogens with zero attached hydrogens (tertiary/aromatic N) is 1. The topological polar surface area (TPSA) is 33.0 Å². The van der Waals surface area contributed by atoms with E-state index in [2.05, 4.69) is 13.0 Å². The van der Waals surface area contributed by atoms with Crippen LogP contribution in [0, 0.1) is 17.2 Å². The summed E-state index contributed by atoms with van der Waals surface area (Å²) in [4.78, 5) is 0. The van der Waals surface area contributed by atoms with Gasteiger partial charge in [0.05, 0.1) is 18.6 Å². The van der Waals surface area contributed by atoms with E-state index in [-0.39, 0.29) is 6.10 Å². The van der Waals surface area contributed by atoms with Gasteiger partial charge in [-0.15, -0.1) is 0 Å². The van der Waals surface area contributed by atoms with Gasteiger partial charge in [-0.25, -0.2) is 0 Å². The van der Waals surface area contributed by atoms with Crippen LogP contribution >= 0.6 is 0 Å². The molecule has 0 spiro atoms. The summed E-state index contributed by atoms with van der Waals surface area (Å²) in [5.74, 6) is 0.690. The smallest absolute Gasteiger partial charge is 0.0705 e. The predicted octanol–water partition coefficient (Wildman–Crippen LogP) is 1.72. The lowest BCUT2D eigenvalue weighted by Crippen LogP contribution is -2.23. The van der Waals surface area contributed by atoms with Gasteiger partial charge >= 0.3 is 0 Å². The average molecular weight is 139 g/mol. The zero-order valence-corrected chi connectivity index (χ0v) is 6.34. The molecule has 0 aromatic rings. The quantitative estimate of drug-likeness (QED) is 0.554. The van der Waals surface area contributed by atoms with Gasteiger partial charge < -0.3 is 4.74 Å². The van der Waals surface area contributed by atoms with Gasteiger partial charge in [0, 0.05) is 6.61 Å². The molecule has 0 aliphatic carbocycles. The van der Waals surface area contributed by atoms with Crippen molar-refractivity contribution in [2.24, 2.45) is 5.92 Å². The van der Waals surface area contributed by atoms with E-state index in [9.17, 15) is 0 Å². The highest BCUT2D eigenvalue weighted by Crippen LogP contribution is 2.19. The SMILES string of the molecule is C[C@H]1CC[C@H](CC#N)OC1. The largest absolute Gasteiger partial charge is 0.377 e. The minimum Gasteiger partial charge on any atom is -0.377 e. The molecule has 1 saturated heterocycles. The summed E-state index contributed by atoms with van der Waals surface area (Å²) in [6, 6.07) is 2.13. The highest BCUT2D eigenvalue weighted by molar-refractivity contribution is 4.79. The van der Waals surface area contributed by atoms with Crippen LogP contribution in [0.4, 0.5) is 0 Å². The molecule has 1 aliphatic rings. The highest BCUT2D eigenvalue weighted by atomic mass is 16.5. The highest BCUT2D eigenvalue weighted by Gasteiger charge is 2.17. The zero-order valence-electron chi connectivity index (χ0n) is 6.34. The summed E-state index contributed by atoms with van der Waals surface area (Å²) in [5, 5.41) is 8.35.